The number of ether oxygens (including phenoxy) is 1. The van der Waals surface area contributed by atoms with Crippen molar-refractivity contribution in [2.45, 2.75) is 45.2 Å². The summed E-state index contributed by atoms with van der Waals surface area (Å²) in [5, 5.41) is 6.64. The van der Waals surface area contributed by atoms with Crippen LogP contribution in [0.3, 0.4) is 0 Å². The second kappa shape index (κ2) is 14.4. The van der Waals surface area contributed by atoms with Gasteiger partial charge in [-0.05, 0) is 5.92 Å². The van der Waals surface area contributed by atoms with Crippen LogP contribution in [0.4, 0.5) is 0 Å². The van der Waals surface area contributed by atoms with Gasteiger partial charge in [-0.25, -0.2) is 0 Å². The van der Waals surface area contributed by atoms with Gasteiger partial charge in [0.05, 0.1) is 13.2 Å². The molecule has 2 aliphatic heterocycles. The third-order valence-corrected chi connectivity index (χ3v) is 6.18. The van der Waals surface area contributed by atoms with Crippen molar-refractivity contribution in [2.24, 2.45) is 5.92 Å². The number of halogens is 2. The zero-order valence-electron chi connectivity index (χ0n) is 15.5. The normalized spacial score (nSPS) is 22.6. The fraction of sp³-hybridized carbons (Fsp3) is 0.941. The molecular formula is C17H35Cl2N3O2S. The molecule has 25 heavy (non-hydrogen) atoms. The second-order valence-electron chi connectivity index (χ2n) is 6.53. The number of carbonyl (C=O) groups excluding carboxylic acids is 1. The molecule has 5 nitrogen and oxygen atoms in total. The maximum atomic E-state index is 12.3. The molecule has 0 aliphatic carbocycles. The van der Waals surface area contributed by atoms with Crippen LogP contribution in [-0.2, 0) is 9.53 Å². The average molecular weight is 416 g/mol. The van der Waals surface area contributed by atoms with Crippen molar-refractivity contribution in [1.82, 2.24) is 15.5 Å². The molecule has 0 aromatic carbocycles. The maximum absolute atomic E-state index is 12.3. The fourth-order valence-corrected chi connectivity index (χ4v) is 4.55. The predicted molar refractivity (Wildman–Crippen MR) is 111 cm³/mol. The van der Waals surface area contributed by atoms with Gasteiger partial charge in [-0.1, -0.05) is 26.7 Å². The van der Waals surface area contributed by atoms with Crippen LogP contribution < -0.4 is 10.6 Å². The highest BCUT2D eigenvalue weighted by Gasteiger charge is 2.27. The Morgan fingerprint density at radius 1 is 1.28 bits per heavy atom. The molecule has 2 N–H and O–H groups in total. The average Bonchev–Trinajstić information content (AvgIpc) is 2.60. The summed E-state index contributed by atoms with van der Waals surface area (Å²) in [6, 6.07) is 0.773. The number of nitrogens with one attached hydrogen (secondary N) is 2. The molecule has 2 aliphatic rings. The lowest BCUT2D eigenvalue weighted by Gasteiger charge is -2.39. The van der Waals surface area contributed by atoms with Gasteiger partial charge in [0, 0.05) is 56.2 Å². The standard InChI is InChI=1S/C17H33N3O2S.2ClH/c1-3-14(4-2)16(20-6-8-22-9-7-20)12-19-17(21)11-15-13-23-10-5-18-15;;/h14-16,18H,3-13H2,1-2H3,(H,19,21);2*1H. The zero-order chi connectivity index (χ0) is 16.5. The number of carbonyl (C=O) groups is 1. The van der Waals surface area contributed by atoms with Gasteiger partial charge in [0.15, 0.2) is 0 Å². The molecular weight excluding hydrogens is 381 g/mol. The monoisotopic (exact) mass is 415 g/mol. The van der Waals surface area contributed by atoms with E-state index >= 15 is 0 Å². The molecule has 0 bridgehead atoms. The highest BCUT2D eigenvalue weighted by atomic mass is 35.5. The van der Waals surface area contributed by atoms with E-state index in [4.69, 9.17) is 4.74 Å². The molecule has 0 spiro atoms. The smallest absolute Gasteiger partial charge is 0.221 e. The molecule has 2 heterocycles. The molecule has 0 aromatic heterocycles. The van der Waals surface area contributed by atoms with E-state index in [0.29, 0.717) is 24.4 Å². The van der Waals surface area contributed by atoms with Gasteiger partial charge in [-0.3, -0.25) is 9.69 Å². The van der Waals surface area contributed by atoms with Gasteiger partial charge in [-0.15, -0.1) is 24.8 Å². The molecule has 2 saturated heterocycles. The van der Waals surface area contributed by atoms with Crippen LogP contribution in [0.1, 0.15) is 33.1 Å². The molecule has 0 saturated carbocycles. The molecule has 150 valence electrons. The van der Waals surface area contributed by atoms with Crippen molar-refractivity contribution in [3.8, 4) is 0 Å². The van der Waals surface area contributed by atoms with E-state index in [2.05, 4.69) is 29.4 Å². The minimum absolute atomic E-state index is 0. The Labute approximate surface area is 169 Å². The van der Waals surface area contributed by atoms with Crippen LogP contribution in [0.15, 0.2) is 0 Å². The lowest BCUT2D eigenvalue weighted by Crippen LogP contribution is -2.52. The Kier molecular flexibility index (Phi) is 14.5. The number of morpholine rings is 1. The van der Waals surface area contributed by atoms with Crippen LogP contribution in [0.2, 0.25) is 0 Å². The highest BCUT2D eigenvalue weighted by molar-refractivity contribution is 7.99. The van der Waals surface area contributed by atoms with Crippen molar-refractivity contribution >= 4 is 42.5 Å². The number of thioether (sulfide) groups is 1. The SMILES string of the molecule is CCC(CC)C(CNC(=O)CC1CSCCN1)N1CCOCC1.Cl.Cl. The molecule has 1 amide bonds. The Hall–Kier alpha value is 0.280. The first-order valence-electron chi connectivity index (χ1n) is 9.14. The summed E-state index contributed by atoms with van der Waals surface area (Å²) >= 11 is 1.94. The Bertz CT molecular complexity index is 351. The van der Waals surface area contributed by atoms with Crippen LogP contribution in [0.5, 0.6) is 0 Å². The van der Waals surface area contributed by atoms with Crippen molar-refractivity contribution in [1.29, 1.82) is 0 Å². The predicted octanol–water partition coefficient (Wildman–Crippen LogP) is 2.18. The van der Waals surface area contributed by atoms with Gasteiger partial charge in [-0.2, -0.15) is 11.8 Å². The Balaban J connectivity index is 0.00000288. The van der Waals surface area contributed by atoms with Crippen molar-refractivity contribution in [2.75, 3.05) is 50.9 Å². The summed E-state index contributed by atoms with van der Waals surface area (Å²) in [5.74, 6) is 3.03. The van der Waals surface area contributed by atoms with E-state index in [1.54, 1.807) is 0 Å². The van der Waals surface area contributed by atoms with Crippen LogP contribution in [0, 0.1) is 5.92 Å². The minimum Gasteiger partial charge on any atom is -0.379 e. The van der Waals surface area contributed by atoms with Crippen molar-refractivity contribution in [3.63, 3.8) is 0 Å². The van der Waals surface area contributed by atoms with Gasteiger partial charge in [0.1, 0.15) is 0 Å². The van der Waals surface area contributed by atoms with E-state index in [-0.39, 0.29) is 30.7 Å². The van der Waals surface area contributed by atoms with Gasteiger partial charge < -0.3 is 15.4 Å². The fourth-order valence-electron chi connectivity index (χ4n) is 3.60. The largest absolute Gasteiger partial charge is 0.379 e. The summed E-state index contributed by atoms with van der Waals surface area (Å²) in [6.45, 7) is 9.90. The summed E-state index contributed by atoms with van der Waals surface area (Å²) in [5.41, 5.74) is 0. The van der Waals surface area contributed by atoms with E-state index in [9.17, 15) is 4.79 Å². The number of hydrogen-bond donors (Lipinski definition) is 2. The second-order valence-corrected chi connectivity index (χ2v) is 7.68. The molecule has 2 rings (SSSR count). The minimum atomic E-state index is 0. The molecule has 2 unspecified atom stereocenters. The van der Waals surface area contributed by atoms with Gasteiger partial charge in [0.2, 0.25) is 5.91 Å². The third kappa shape index (κ3) is 8.67. The summed E-state index contributed by atoms with van der Waals surface area (Å²) in [6.07, 6.45) is 2.93. The van der Waals surface area contributed by atoms with Crippen molar-refractivity contribution < 1.29 is 9.53 Å². The zero-order valence-corrected chi connectivity index (χ0v) is 17.9. The van der Waals surface area contributed by atoms with Crippen LogP contribution in [0.25, 0.3) is 0 Å². The first kappa shape index (κ1) is 25.3. The lowest BCUT2D eigenvalue weighted by atomic mass is 9.92. The molecule has 0 radical (unpaired) electrons. The summed E-state index contributed by atoms with van der Waals surface area (Å²) in [7, 11) is 0. The number of amides is 1. The Morgan fingerprint density at radius 2 is 1.96 bits per heavy atom. The topological polar surface area (TPSA) is 53.6 Å². The van der Waals surface area contributed by atoms with E-state index in [1.165, 1.54) is 0 Å². The van der Waals surface area contributed by atoms with E-state index in [0.717, 1.165) is 63.7 Å². The van der Waals surface area contributed by atoms with Gasteiger partial charge in [0.25, 0.3) is 0 Å². The third-order valence-electron chi connectivity index (χ3n) is 5.05. The Morgan fingerprint density at radius 3 is 2.52 bits per heavy atom. The van der Waals surface area contributed by atoms with Crippen molar-refractivity contribution in [3.05, 3.63) is 0 Å². The summed E-state index contributed by atoms with van der Waals surface area (Å²) in [4.78, 5) is 14.8. The first-order valence-corrected chi connectivity index (χ1v) is 10.3. The lowest BCUT2D eigenvalue weighted by molar-refractivity contribution is -0.122. The van der Waals surface area contributed by atoms with Crippen LogP contribution in [-0.4, -0.2) is 73.8 Å². The molecule has 0 aromatic rings. The highest BCUT2D eigenvalue weighted by Crippen LogP contribution is 2.19. The molecule has 2 atom stereocenters. The molecule has 8 heteroatoms. The molecule has 2 fully saturated rings. The maximum Gasteiger partial charge on any atom is 0.221 e. The number of rotatable bonds is 8. The first-order chi connectivity index (χ1) is 11.2. The number of nitrogens with zero attached hydrogens (tertiary/aromatic N) is 1. The summed E-state index contributed by atoms with van der Waals surface area (Å²) < 4.78 is 5.48. The number of hydrogen-bond acceptors (Lipinski definition) is 5. The van der Waals surface area contributed by atoms with E-state index in [1.807, 2.05) is 11.8 Å². The van der Waals surface area contributed by atoms with E-state index < -0.39 is 0 Å². The quantitative estimate of drug-likeness (QED) is 0.635. The van der Waals surface area contributed by atoms with Gasteiger partial charge >= 0.3 is 0 Å². The van der Waals surface area contributed by atoms with Crippen LogP contribution >= 0.6 is 36.6 Å².